The van der Waals surface area contributed by atoms with Gasteiger partial charge in [-0.1, -0.05) is 0 Å². The molecule has 0 fully saturated rings. The van der Waals surface area contributed by atoms with Gasteiger partial charge >= 0.3 is 0 Å². The van der Waals surface area contributed by atoms with E-state index in [9.17, 15) is 0 Å². The van der Waals surface area contributed by atoms with Gasteiger partial charge in [0.15, 0.2) is 0 Å². The molecule has 6 nitrogen and oxygen atoms in total. The number of H-pyrrole nitrogens is 1. The number of nitriles is 1. The van der Waals surface area contributed by atoms with Crippen molar-refractivity contribution in [2.75, 3.05) is 17.6 Å². The Morgan fingerprint density at radius 3 is 3.06 bits per heavy atom. The Morgan fingerprint density at radius 1 is 1.44 bits per heavy atom. The molecule has 0 bridgehead atoms. The van der Waals surface area contributed by atoms with Crippen LogP contribution in [0.5, 0.6) is 0 Å². The van der Waals surface area contributed by atoms with Crippen molar-refractivity contribution in [2.45, 2.75) is 12.8 Å². The number of benzene rings is 1. The number of nitrogen functional groups attached to an aromatic ring is 1. The van der Waals surface area contributed by atoms with Crippen LogP contribution in [0.2, 0.25) is 0 Å². The van der Waals surface area contributed by atoms with Crippen molar-refractivity contribution >= 4 is 11.4 Å². The number of nitrogens with zero attached hydrogens (tertiary/aromatic N) is 3. The van der Waals surface area contributed by atoms with E-state index >= 15 is 0 Å². The van der Waals surface area contributed by atoms with Crippen LogP contribution < -0.4 is 11.1 Å². The molecule has 1 heterocycles. The summed E-state index contributed by atoms with van der Waals surface area (Å²) in [7, 11) is 0. The molecule has 0 aliphatic rings. The highest BCUT2D eigenvalue weighted by Crippen LogP contribution is 2.19. The van der Waals surface area contributed by atoms with E-state index in [2.05, 4.69) is 26.6 Å². The molecule has 0 radical (unpaired) electrons. The van der Waals surface area contributed by atoms with Gasteiger partial charge in [-0.3, -0.25) is 5.10 Å². The SMILES string of the molecule is N#Cc1ccc(N)c(NCCCc2ncn[nH]2)c1. The van der Waals surface area contributed by atoms with Crippen LogP contribution in [0.3, 0.4) is 0 Å². The molecule has 0 atom stereocenters. The summed E-state index contributed by atoms with van der Waals surface area (Å²) in [5.41, 5.74) is 7.86. The van der Waals surface area contributed by atoms with Crippen molar-refractivity contribution in [3.63, 3.8) is 0 Å². The third-order valence-corrected chi connectivity index (χ3v) is 2.55. The molecule has 2 rings (SSSR count). The molecule has 18 heavy (non-hydrogen) atoms. The zero-order chi connectivity index (χ0) is 12.8. The van der Waals surface area contributed by atoms with Crippen molar-refractivity contribution < 1.29 is 0 Å². The van der Waals surface area contributed by atoms with Crippen LogP contribution in [0.25, 0.3) is 0 Å². The van der Waals surface area contributed by atoms with Crippen molar-refractivity contribution in [3.05, 3.63) is 35.9 Å². The summed E-state index contributed by atoms with van der Waals surface area (Å²) in [6.45, 7) is 0.764. The molecule has 0 saturated carbocycles. The first kappa shape index (κ1) is 11.9. The lowest BCUT2D eigenvalue weighted by Crippen LogP contribution is -2.06. The molecular formula is C12H14N6. The van der Waals surface area contributed by atoms with Gasteiger partial charge in [-0.2, -0.15) is 10.4 Å². The Bertz CT molecular complexity index is 540. The second-order valence-corrected chi connectivity index (χ2v) is 3.88. The average Bonchev–Trinajstić information content (AvgIpc) is 2.89. The van der Waals surface area contributed by atoms with E-state index in [1.54, 1.807) is 18.2 Å². The first-order valence-corrected chi connectivity index (χ1v) is 5.67. The van der Waals surface area contributed by atoms with Crippen LogP contribution in [0.4, 0.5) is 11.4 Å². The summed E-state index contributed by atoms with van der Waals surface area (Å²) in [6, 6.07) is 7.28. The Kier molecular flexibility index (Phi) is 3.76. The lowest BCUT2D eigenvalue weighted by atomic mass is 10.2. The number of rotatable bonds is 5. The van der Waals surface area contributed by atoms with Crippen LogP contribution in [0.15, 0.2) is 24.5 Å². The fourth-order valence-corrected chi connectivity index (χ4v) is 1.61. The van der Waals surface area contributed by atoms with Gasteiger partial charge in [0.2, 0.25) is 0 Å². The van der Waals surface area contributed by atoms with Gasteiger partial charge in [0.05, 0.1) is 23.0 Å². The van der Waals surface area contributed by atoms with Crippen LogP contribution in [-0.2, 0) is 6.42 Å². The predicted molar refractivity (Wildman–Crippen MR) is 68.8 cm³/mol. The molecule has 4 N–H and O–H groups in total. The van der Waals surface area contributed by atoms with E-state index in [-0.39, 0.29) is 0 Å². The van der Waals surface area contributed by atoms with E-state index in [1.165, 1.54) is 6.33 Å². The van der Waals surface area contributed by atoms with Gasteiger partial charge in [0.1, 0.15) is 12.2 Å². The molecular weight excluding hydrogens is 228 g/mol. The van der Waals surface area contributed by atoms with Gasteiger partial charge in [-0.15, -0.1) is 0 Å². The molecule has 0 spiro atoms. The summed E-state index contributed by atoms with van der Waals surface area (Å²) in [5, 5.41) is 18.6. The first-order chi connectivity index (χ1) is 8.79. The maximum Gasteiger partial charge on any atom is 0.137 e. The number of nitrogens with two attached hydrogens (primary N) is 1. The maximum absolute atomic E-state index is 8.81. The topological polar surface area (TPSA) is 103 Å². The highest BCUT2D eigenvalue weighted by molar-refractivity contribution is 5.68. The second-order valence-electron chi connectivity index (χ2n) is 3.88. The summed E-state index contributed by atoms with van der Waals surface area (Å²) in [6.07, 6.45) is 3.23. The monoisotopic (exact) mass is 242 g/mol. The van der Waals surface area contributed by atoms with Crippen LogP contribution in [-0.4, -0.2) is 21.7 Å². The Labute approximate surface area is 105 Å². The third-order valence-electron chi connectivity index (χ3n) is 2.55. The van der Waals surface area contributed by atoms with Gasteiger partial charge in [0, 0.05) is 13.0 Å². The average molecular weight is 242 g/mol. The number of hydrogen-bond donors (Lipinski definition) is 3. The molecule has 92 valence electrons. The quantitative estimate of drug-likeness (QED) is 0.541. The molecule has 1 aromatic heterocycles. The normalized spacial score (nSPS) is 9.94. The molecule has 0 amide bonds. The Balaban J connectivity index is 1.85. The maximum atomic E-state index is 8.81. The standard InChI is InChI=1S/C12H14N6/c13-7-9-3-4-10(14)11(6-9)15-5-1-2-12-16-8-17-18-12/h3-4,6,8,15H,1-2,5,14H2,(H,16,17,18). The summed E-state index contributed by atoms with van der Waals surface area (Å²) in [4.78, 5) is 4.04. The number of nitrogens with one attached hydrogen (secondary N) is 2. The van der Waals surface area contributed by atoms with E-state index in [4.69, 9.17) is 11.0 Å². The van der Waals surface area contributed by atoms with Crippen LogP contribution >= 0.6 is 0 Å². The Hall–Kier alpha value is -2.55. The smallest absolute Gasteiger partial charge is 0.137 e. The largest absolute Gasteiger partial charge is 0.397 e. The van der Waals surface area contributed by atoms with Gasteiger partial charge in [0.25, 0.3) is 0 Å². The van der Waals surface area contributed by atoms with Crippen LogP contribution in [0, 0.1) is 11.3 Å². The third kappa shape index (κ3) is 2.98. The van der Waals surface area contributed by atoms with Crippen LogP contribution in [0.1, 0.15) is 17.8 Å². The fourth-order valence-electron chi connectivity index (χ4n) is 1.61. The molecule has 6 heteroatoms. The van der Waals surface area contributed by atoms with Crippen molar-refractivity contribution in [3.8, 4) is 6.07 Å². The van der Waals surface area contributed by atoms with Gasteiger partial charge in [-0.05, 0) is 24.6 Å². The molecule has 1 aromatic carbocycles. The molecule has 0 aliphatic heterocycles. The van der Waals surface area contributed by atoms with Gasteiger partial charge < -0.3 is 11.1 Å². The van der Waals surface area contributed by atoms with Gasteiger partial charge in [-0.25, -0.2) is 4.98 Å². The van der Waals surface area contributed by atoms with E-state index in [0.29, 0.717) is 11.3 Å². The van der Waals surface area contributed by atoms with E-state index in [1.807, 2.05) is 0 Å². The summed E-state index contributed by atoms with van der Waals surface area (Å²) in [5.74, 6) is 0.871. The number of anilines is 2. The lowest BCUT2D eigenvalue weighted by molar-refractivity contribution is 0.806. The van der Waals surface area contributed by atoms with E-state index in [0.717, 1.165) is 30.9 Å². The summed E-state index contributed by atoms with van der Waals surface area (Å²) < 4.78 is 0. The fraction of sp³-hybridized carbons (Fsp3) is 0.250. The highest BCUT2D eigenvalue weighted by Gasteiger charge is 2.01. The highest BCUT2D eigenvalue weighted by atomic mass is 15.2. The molecule has 0 saturated heterocycles. The Morgan fingerprint density at radius 2 is 2.33 bits per heavy atom. The van der Waals surface area contributed by atoms with E-state index < -0.39 is 0 Å². The zero-order valence-corrected chi connectivity index (χ0v) is 9.85. The van der Waals surface area contributed by atoms with Crippen molar-refractivity contribution in [1.82, 2.24) is 15.2 Å². The molecule has 0 aliphatic carbocycles. The van der Waals surface area contributed by atoms with Crippen molar-refractivity contribution in [1.29, 1.82) is 5.26 Å². The number of aromatic amines is 1. The zero-order valence-electron chi connectivity index (χ0n) is 9.85. The minimum Gasteiger partial charge on any atom is -0.397 e. The number of hydrogen-bond acceptors (Lipinski definition) is 5. The molecule has 2 aromatic rings. The summed E-state index contributed by atoms with van der Waals surface area (Å²) >= 11 is 0. The number of aryl methyl sites for hydroxylation is 1. The molecule has 0 unspecified atom stereocenters. The lowest BCUT2D eigenvalue weighted by Gasteiger charge is -2.08. The second kappa shape index (κ2) is 5.68. The predicted octanol–water partition coefficient (Wildman–Crippen LogP) is 1.30. The first-order valence-electron chi connectivity index (χ1n) is 5.67. The minimum atomic E-state index is 0.599. The number of aromatic nitrogens is 3. The van der Waals surface area contributed by atoms with Crippen molar-refractivity contribution in [2.24, 2.45) is 0 Å². The minimum absolute atomic E-state index is 0.599.